The molecule has 3 saturated heterocycles. The van der Waals surface area contributed by atoms with Crippen LogP contribution in [0.1, 0.15) is 162 Å². The van der Waals surface area contributed by atoms with E-state index in [0.717, 1.165) is 67.2 Å². The number of fused-ring (bicyclic) bond motifs is 6. The number of carbonyl (C=O) groups is 10. The first-order valence-electron chi connectivity index (χ1n) is 30.2. The summed E-state index contributed by atoms with van der Waals surface area (Å²) in [7, 11) is 0. The molecule has 0 aromatic heterocycles. The summed E-state index contributed by atoms with van der Waals surface area (Å²) in [4.78, 5) is 129. The van der Waals surface area contributed by atoms with Gasteiger partial charge in [0.25, 0.3) is 0 Å². The molecule has 3 saturated carbocycles. The van der Waals surface area contributed by atoms with Crippen molar-refractivity contribution in [3.8, 4) is 22.3 Å². The number of hydrogen-bond acceptors (Lipinski definition) is 15. The Morgan fingerprint density at radius 2 is 0.640 bits per heavy atom. The number of halogens is 2. The second-order valence-corrected chi connectivity index (χ2v) is 27.6. The zero-order valence-electron chi connectivity index (χ0n) is 51.8. The van der Waals surface area contributed by atoms with Crippen LogP contribution >= 0.6 is 31.9 Å². The molecule has 89 heavy (non-hydrogen) atoms. The van der Waals surface area contributed by atoms with Gasteiger partial charge in [0, 0.05) is 40.4 Å². The summed E-state index contributed by atoms with van der Waals surface area (Å²) in [6, 6.07) is 26.2. The van der Waals surface area contributed by atoms with E-state index in [2.05, 4.69) is 31.9 Å². The average molecular weight is 1350 g/mol. The van der Waals surface area contributed by atoms with Crippen molar-refractivity contribution in [3.63, 3.8) is 0 Å². The van der Waals surface area contributed by atoms with E-state index in [4.69, 9.17) is 23.7 Å². The van der Waals surface area contributed by atoms with E-state index in [1.165, 1.54) is 14.7 Å². The smallest absolute Gasteiger partial charge is 0.411 e. The predicted molar refractivity (Wildman–Crippen MR) is 337 cm³/mol. The van der Waals surface area contributed by atoms with Gasteiger partial charge in [-0.25, -0.2) is 28.8 Å². The van der Waals surface area contributed by atoms with Crippen LogP contribution < -0.4 is 0 Å². The second kappa shape index (κ2) is 28.3. The van der Waals surface area contributed by atoms with Gasteiger partial charge < -0.3 is 28.8 Å². The molecule has 476 valence electrons. The molecule has 3 heterocycles. The molecule has 6 aliphatic rings. The highest BCUT2D eigenvalue weighted by atomic mass is 79.9. The number of nitrogens with zero attached hydrogens (tertiary/aromatic N) is 3. The summed E-state index contributed by atoms with van der Waals surface area (Å²) in [6.07, 6.45) is 5.73. The molecule has 3 aliphatic heterocycles. The van der Waals surface area contributed by atoms with Crippen molar-refractivity contribution in [2.24, 2.45) is 17.8 Å². The molecule has 6 bridgehead atoms. The highest BCUT2D eigenvalue weighted by Gasteiger charge is 2.55. The van der Waals surface area contributed by atoms with Crippen LogP contribution in [0.15, 0.2) is 97.1 Å². The van der Waals surface area contributed by atoms with Gasteiger partial charge in [-0.2, -0.15) is 0 Å². The first-order valence-corrected chi connectivity index (χ1v) is 32.4. The van der Waals surface area contributed by atoms with Crippen molar-refractivity contribution in [3.05, 3.63) is 119 Å². The van der Waals surface area contributed by atoms with Crippen LogP contribution in [0.5, 0.6) is 0 Å². The number of carboxylic acid groups (broad SMARTS) is 1. The van der Waals surface area contributed by atoms with Crippen molar-refractivity contribution in [2.75, 3.05) is 23.9 Å². The minimum Gasteiger partial charge on any atom is -0.480 e. The fourth-order valence-electron chi connectivity index (χ4n) is 12.8. The molecule has 6 fully saturated rings. The lowest BCUT2D eigenvalue weighted by atomic mass is 9.99. The Kier molecular flexibility index (Phi) is 21.5. The van der Waals surface area contributed by atoms with Crippen LogP contribution in [0.2, 0.25) is 0 Å². The van der Waals surface area contributed by atoms with E-state index >= 15 is 0 Å². The Labute approximate surface area is 536 Å². The fraction of sp³-hybridized carbons (Fsp3) is 0.500. The number of esters is 2. The minimum absolute atomic E-state index is 0.0140. The van der Waals surface area contributed by atoms with E-state index in [0.29, 0.717) is 45.8 Å². The van der Waals surface area contributed by atoms with E-state index in [1.807, 2.05) is 48.5 Å². The van der Waals surface area contributed by atoms with Crippen LogP contribution in [-0.2, 0) is 38.1 Å². The first kappa shape index (κ1) is 67.7. The van der Waals surface area contributed by atoms with Gasteiger partial charge in [-0.1, -0.05) is 129 Å². The lowest BCUT2D eigenvalue weighted by Crippen LogP contribution is -2.51. The molecule has 4 aromatic carbocycles. The van der Waals surface area contributed by atoms with Crippen molar-refractivity contribution in [1.29, 1.82) is 0 Å². The number of carboxylic acids is 1. The average Bonchev–Trinajstić information content (AvgIpc) is 1.69. The fourth-order valence-corrected chi connectivity index (χ4v) is 13.4. The molecule has 21 heteroatoms. The molecule has 0 radical (unpaired) electrons. The molecule has 4 aromatic rings. The maximum Gasteiger partial charge on any atom is 0.411 e. The maximum atomic E-state index is 13.1. The Bertz CT molecular complexity index is 3110. The van der Waals surface area contributed by atoms with E-state index in [1.54, 1.807) is 111 Å². The topological polar surface area (TPSA) is 247 Å². The number of Topliss-reactive ketones (excluding diaryl/α,β-unsaturated/α-hetero) is 4. The summed E-state index contributed by atoms with van der Waals surface area (Å²) in [5.41, 5.74) is 3.77. The zero-order chi connectivity index (χ0) is 64.9. The van der Waals surface area contributed by atoms with Crippen LogP contribution in [0.4, 0.5) is 14.4 Å². The number of alkyl halides is 2. The summed E-state index contributed by atoms with van der Waals surface area (Å²) < 4.78 is 27.2. The Morgan fingerprint density at radius 3 is 0.888 bits per heavy atom. The van der Waals surface area contributed by atoms with Crippen molar-refractivity contribution >= 4 is 91.2 Å². The van der Waals surface area contributed by atoms with Gasteiger partial charge in [-0.3, -0.25) is 33.9 Å². The number of benzene rings is 4. The molecule has 3 aliphatic carbocycles. The molecular weight excluding hydrogens is 1270 g/mol. The van der Waals surface area contributed by atoms with Gasteiger partial charge in [0.15, 0.2) is 36.3 Å². The molecular formula is C68H79Br2N3O16. The quantitative estimate of drug-likeness (QED) is 0.0503. The van der Waals surface area contributed by atoms with Gasteiger partial charge >= 0.3 is 36.2 Å². The number of hydrogen-bond donors (Lipinski definition) is 1. The number of ether oxygens (including phenoxy) is 5. The Morgan fingerprint density at radius 1 is 0.393 bits per heavy atom. The van der Waals surface area contributed by atoms with E-state index in [9.17, 15) is 53.1 Å². The van der Waals surface area contributed by atoms with Crippen LogP contribution in [0.25, 0.3) is 22.3 Å². The summed E-state index contributed by atoms with van der Waals surface area (Å²) in [5.74, 6) is -2.65. The Balaban J connectivity index is 0.000000223. The van der Waals surface area contributed by atoms with Gasteiger partial charge in [0.2, 0.25) is 0 Å². The number of ketones is 4. The monoisotopic (exact) mass is 1350 g/mol. The SMILES string of the molecule is CC(C)(C)OC(=O)N1C2CCC(C2)[C@H]1C(=O)O.CC(C)(C)OC(=O)N1C2CCC(C2)[C@H]1C(=O)OCC(=O)c1ccc(-c2ccc(C(=O)COC(=O)[C@@H]3C4CCC(C4)N3C(=O)OC(C)(C)C)cc2)cc1.O=C(CBr)c1ccc(-c2ccc(C(=O)CBr)cc2)cc1. The molecule has 3 amide bonds. The standard InChI is InChI=1S/C40H48N2O10.C16H12Br2O2.C12H19NO4/c1-39(2,3)51-37(47)41-29-17-15-27(19-29)33(41)35(45)49-21-31(43)25-11-7-23(8-12-25)24-9-13-26(14-10-24)32(44)22-50-36(46)34-28-16-18-30(20-28)42(34)38(48)52-40(4,5)6;17-9-15(19)13-5-1-11(2-6-13)12-3-7-14(8-4-12)16(20)10-18;1-12(2,3)17-11(16)13-8-5-4-7(6-8)9(13)10(14)15/h7-14,27-30,33-34H,15-22H2,1-6H3;1-8H,9-10H2;7-9H,4-6H2,1-3H3,(H,14,15)/t27?,28?,29?,30?,33-,34-;;7?,8?,9-/m0.0/s1. The number of carbonyl (C=O) groups excluding carboxylic acids is 9. The van der Waals surface area contributed by atoms with Crippen molar-refractivity contribution in [2.45, 2.75) is 173 Å². The van der Waals surface area contributed by atoms with Gasteiger partial charge in [0.1, 0.15) is 34.9 Å². The van der Waals surface area contributed by atoms with Gasteiger partial charge in [-0.05, 0) is 160 Å². The largest absolute Gasteiger partial charge is 0.480 e. The summed E-state index contributed by atoms with van der Waals surface area (Å²) >= 11 is 6.32. The Hall–Kier alpha value is -7.26. The van der Waals surface area contributed by atoms with Gasteiger partial charge in [-0.15, -0.1) is 0 Å². The third kappa shape index (κ3) is 16.8. The van der Waals surface area contributed by atoms with Crippen molar-refractivity contribution < 1.29 is 76.7 Å². The maximum absolute atomic E-state index is 13.1. The molecule has 6 unspecified atom stereocenters. The normalized spacial score (nSPS) is 22.9. The third-order valence-corrected chi connectivity index (χ3v) is 17.8. The lowest BCUT2D eigenvalue weighted by molar-refractivity contribution is -0.151. The number of aliphatic carboxylic acids is 1. The molecule has 1 N–H and O–H groups in total. The highest BCUT2D eigenvalue weighted by Crippen LogP contribution is 2.46. The van der Waals surface area contributed by atoms with E-state index in [-0.39, 0.29) is 59.0 Å². The number of rotatable bonds is 15. The van der Waals surface area contributed by atoms with E-state index < -0.39 is 84.3 Å². The van der Waals surface area contributed by atoms with Crippen molar-refractivity contribution in [1.82, 2.24) is 14.7 Å². The van der Waals surface area contributed by atoms with Gasteiger partial charge in [0.05, 0.1) is 10.7 Å². The highest BCUT2D eigenvalue weighted by molar-refractivity contribution is 9.09. The molecule has 0 spiro atoms. The number of amides is 3. The number of piperidine rings is 3. The van der Waals surface area contributed by atoms with Crippen LogP contribution in [0, 0.1) is 17.8 Å². The van der Waals surface area contributed by atoms with Crippen LogP contribution in [-0.4, -0.2) is 156 Å². The molecule has 9 atom stereocenters. The second-order valence-electron chi connectivity index (χ2n) is 26.5. The molecule has 10 rings (SSSR count). The number of likely N-dealkylation sites (tertiary alicyclic amines) is 3. The minimum atomic E-state index is -0.914. The first-order chi connectivity index (χ1) is 41.9. The summed E-state index contributed by atoms with van der Waals surface area (Å²) in [5, 5.41) is 9.86. The lowest BCUT2D eigenvalue weighted by Gasteiger charge is -2.35. The predicted octanol–water partition coefficient (Wildman–Crippen LogP) is 12.7. The third-order valence-electron chi connectivity index (χ3n) is 16.7. The van der Waals surface area contributed by atoms with Crippen LogP contribution in [0.3, 0.4) is 0 Å². The summed E-state index contributed by atoms with van der Waals surface area (Å²) in [6.45, 7) is 15.1. The molecule has 19 nitrogen and oxygen atoms in total. The zero-order valence-corrected chi connectivity index (χ0v) is 55.0.